The maximum absolute atomic E-state index is 13.1. The van der Waals surface area contributed by atoms with Gasteiger partial charge in [0.1, 0.15) is 15.6 Å². The highest BCUT2D eigenvalue weighted by Crippen LogP contribution is 2.38. The molecule has 3 aromatic carbocycles. The van der Waals surface area contributed by atoms with Crippen LogP contribution in [-0.2, 0) is 38.2 Å². The highest BCUT2D eigenvalue weighted by molar-refractivity contribution is 7.13. The molecule has 1 saturated carbocycles. The molecule has 0 bridgehead atoms. The van der Waals surface area contributed by atoms with Gasteiger partial charge in [-0.05, 0) is 36.1 Å². The van der Waals surface area contributed by atoms with E-state index in [0.29, 0.717) is 50.3 Å². The van der Waals surface area contributed by atoms with Crippen molar-refractivity contribution in [2.75, 3.05) is 0 Å². The first-order valence-electron chi connectivity index (χ1n) is 16.2. The first-order valence-corrected chi connectivity index (χ1v) is 18.4. The van der Waals surface area contributed by atoms with Crippen molar-refractivity contribution >= 4 is 58.0 Å². The molecule has 10 nitrogen and oxygen atoms in total. The predicted molar refractivity (Wildman–Crippen MR) is 193 cm³/mol. The van der Waals surface area contributed by atoms with E-state index in [4.69, 9.17) is 11.6 Å². The molecule has 0 radical (unpaired) electrons. The summed E-state index contributed by atoms with van der Waals surface area (Å²) in [4.78, 5) is 58.5. The average Bonchev–Trinajstić information content (AvgIpc) is 3.90. The van der Waals surface area contributed by atoms with Crippen molar-refractivity contribution in [3.8, 4) is 32.3 Å². The molecule has 274 valence electrons. The topological polar surface area (TPSA) is 159 Å². The number of benzene rings is 3. The summed E-state index contributed by atoms with van der Waals surface area (Å²) in [5.41, 5.74) is 1.12. The van der Waals surface area contributed by atoms with Gasteiger partial charge in [0.15, 0.2) is 6.04 Å². The summed E-state index contributed by atoms with van der Waals surface area (Å²) in [7, 11) is 0. The van der Waals surface area contributed by atoms with Gasteiger partial charge in [0.05, 0.1) is 34.8 Å². The quantitative estimate of drug-likeness (QED) is 0.0998. The largest absolute Gasteiger partial charge is 0.480 e. The normalized spacial score (nSPS) is 14.4. The monoisotopic (exact) mass is 782 g/mol. The highest BCUT2D eigenvalue weighted by Gasteiger charge is 2.42. The Kier molecular flexibility index (Phi) is 11.0. The van der Waals surface area contributed by atoms with E-state index >= 15 is 0 Å². The summed E-state index contributed by atoms with van der Waals surface area (Å²) in [6.07, 6.45) is -2.65. The molecule has 0 saturated heterocycles. The molecule has 5 aromatic rings. The van der Waals surface area contributed by atoms with E-state index in [0.717, 1.165) is 36.3 Å². The maximum atomic E-state index is 13.1. The number of hydrogen-bond acceptors (Lipinski definition) is 8. The third-order valence-electron chi connectivity index (χ3n) is 8.81. The van der Waals surface area contributed by atoms with E-state index in [9.17, 15) is 42.6 Å². The van der Waals surface area contributed by atoms with Gasteiger partial charge >= 0.3 is 18.1 Å². The SMILES string of the molecule is O=C(Cc1csc(-c2cccc(C(F)(F)F)c2)n1)N[C@H](C(=O)O)c1ccc(-c2cccc(-c3nc(CC(=O)NC4(C(=O)O)CCCC4)cs3)c2Cl)cc1. The second kappa shape index (κ2) is 15.5. The van der Waals surface area contributed by atoms with Crippen LogP contribution in [0.5, 0.6) is 0 Å². The molecular weight excluding hydrogens is 753 g/mol. The number of thiazole rings is 2. The van der Waals surface area contributed by atoms with Crippen LogP contribution in [0.15, 0.2) is 77.5 Å². The van der Waals surface area contributed by atoms with Crippen LogP contribution < -0.4 is 10.6 Å². The average molecular weight is 783 g/mol. The number of carbonyl (C=O) groups is 4. The van der Waals surface area contributed by atoms with Crippen molar-refractivity contribution < 1.29 is 42.6 Å². The number of hydrogen-bond donors (Lipinski definition) is 4. The summed E-state index contributed by atoms with van der Waals surface area (Å²) >= 11 is 9.20. The summed E-state index contributed by atoms with van der Waals surface area (Å²) in [6, 6.07) is 15.1. The Morgan fingerprint density at radius 1 is 0.811 bits per heavy atom. The zero-order valence-electron chi connectivity index (χ0n) is 27.6. The van der Waals surface area contributed by atoms with Crippen LogP contribution in [0.2, 0.25) is 5.02 Å². The highest BCUT2D eigenvalue weighted by atomic mass is 35.5. The van der Waals surface area contributed by atoms with Crippen molar-refractivity contribution in [1.82, 2.24) is 20.6 Å². The van der Waals surface area contributed by atoms with Crippen molar-refractivity contribution in [2.45, 2.75) is 56.3 Å². The summed E-state index contributed by atoms with van der Waals surface area (Å²) in [6.45, 7) is 0. The number of aliphatic carboxylic acids is 2. The third kappa shape index (κ3) is 8.58. The molecule has 1 aliphatic rings. The van der Waals surface area contributed by atoms with Gasteiger partial charge in [0.25, 0.3) is 0 Å². The molecular formula is C37H30ClF3N4O6S2. The first-order chi connectivity index (χ1) is 25.2. The Labute approximate surface area is 313 Å². The lowest BCUT2D eigenvalue weighted by molar-refractivity contribution is -0.147. The molecule has 0 aliphatic heterocycles. The number of carboxylic acids is 2. The molecule has 2 amide bonds. The van der Waals surface area contributed by atoms with Gasteiger partial charge in [-0.25, -0.2) is 19.6 Å². The van der Waals surface area contributed by atoms with Crippen LogP contribution >= 0.6 is 34.3 Å². The van der Waals surface area contributed by atoms with Crippen LogP contribution in [0.3, 0.4) is 0 Å². The van der Waals surface area contributed by atoms with Crippen molar-refractivity contribution in [1.29, 1.82) is 0 Å². The number of rotatable bonds is 12. The lowest BCUT2D eigenvalue weighted by atomic mass is 9.97. The van der Waals surface area contributed by atoms with Gasteiger partial charge in [-0.2, -0.15) is 13.2 Å². The number of carbonyl (C=O) groups excluding carboxylic acids is 2. The van der Waals surface area contributed by atoms with Gasteiger partial charge in [-0.3, -0.25) is 9.59 Å². The number of alkyl halides is 3. The predicted octanol–water partition coefficient (Wildman–Crippen LogP) is 7.81. The summed E-state index contributed by atoms with van der Waals surface area (Å²) in [5.74, 6) is -3.40. The van der Waals surface area contributed by atoms with E-state index in [2.05, 4.69) is 20.6 Å². The minimum absolute atomic E-state index is 0.0871. The second-order valence-electron chi connectivity index (χ2n) is 12.5. The molecule has 0 spiro atoms. The minimum atomic E-state index is -4.52. The van der Waals surface area contributed by atoms with Crippen LogP contribution in [0, 0.1) is 0 Å². The number of halogens is 4. The molecule has 1 atom stereocenters. The third-order valence-corrected chi connectivity index (χ3v) is 11.1. The van der Waals surface area contributed by atoms with Gasteiger partial charge < -0.3 is 20.8 Å². The Balaban J connectivity index is 1.11. The van der Waals surface area contributed by atoms with Gasteiger partial charge in [-0.1, -0.05) is 79.0 Å². The minimum Gasteiger partial charge on any atom is -0.480 e. The van der Waals surface area contributed by atoms with Gasteiger partial charge in [-0.15, -0.1) is 22.7 Å². The number of aromatic nitrogens is 2. The fourth-order valence-electron chi connectivity index (χ4n) is 6.15. The number of carboxylic acid groups (broad SMARTS) is 2. The lowest BCUT2D eigenvalue weighted by Gasteiger charge is -2.25. The Hall–Kier alpha value is -5.12. The molecule has 2 heterocycles. The van der Waals surface area contributed by atoms with Crippen molar-refractivity contribution in [2.24, 2.45) is 0 Å². The smallest absolute Gasteiger partial charge is 0.416 e. The fraction of sp³-hybridized carbons (Fsp3) is 0.243. The van der Waals surface area contributed by atoms with Crippen LogP contribution in [0.1, 0.15) is 54.2 Å². The molecule has 0 unspecified atom stereocenters. The lowest BCUT2D eigenvalue weighted by Crippen LogP contribution is -2.52. The zero-order valence-corrected chi connectivity index (χ0v) is 30.0. The van der Waals surface area contributed by atoms with Gasteiger partial charge in [0, 0.05) is 27.5 Å². The van der Waals surface area contributed by atoms with Gasteiger partial charge in [0.2, 0.25) is 11.8 Å². The summed E-state index contributed by atoms with van der Waals surface area (Å²) in [5, 5.41) is 29.3. The molecule has 6 rings (SSSR count). The molecule has 1 aliphatic carbocycles. The van der Waals surface area contributed by atoms with E-state index in [1.165, 1.54) is 28.8 Å². The second-order valence-corrected chi connectivity index (χ2v) is 14.6. The zero-order chi connectivity index (χ0) is 37.9. The van der Waals surface area contributed by atoms with Crippen LogP contribution in [0.25, 0.3) is 32.3 Å². The Morgan fingerprint density at radius 2 is 1.42 bits per heavy atom. The molecule has 2 aromatic heterocycles. The number of nitrogens with zero attached hydrogens (tertiary/aromatic N) is 2. The van der Waals surface area contributed by atoms with Crippen molar-refractivity contribution in [3.05, 3.63) is 105 Å². The Bertz CT molecular complexity index is 2180. The van der Waals surface area contributed by atoms with E-state index in [1.54, 1.807) is 47.8 Å². The molecule has 16 heteroatoms. The Morgan fingerprint density at radius 3 is 2.06 bits per heavy atom. The molecule has 1 fully saturated rings. The molecule has 53 heavy (non-hydrogen) atoms. The standard InChI is InChI=1S/C37H30ClF3N4O6S2/c38-30-26(7-4-8-27(30)33-43-25(19-53-33)17-29(47)45-36(35(50)51)13-1-2-14-36)20-9-11-21(12-10-20)31(34(48)49)44-28(46)16-24-18-52-32(42-24)22-5-3-6-23(15-22)37(39,40)41/h3-12,15,18-19,31H,1-2,13-14,16-17H2,(H,44,46)(H,45,47)(H,48,49)(H,50,51)/t31-/m0/s1. The number of nitrogens with one attached hydrogen (secondary N) is 2. The molecule has 4 N–H and O–H groups in total. The van der Waals surface area contributed by atoms with E-state index in [1.807, 2.05) is 0 Å². The van der Waals surface area contributed by atoms with Crippen LogP contribution in [-0.4, -0.2) is 49.5 Å². The van der Waals surface area contributed by atoms with E-state index < -0.39 is 47.1 Å². The number of amides is 2. The summed E-state index contributed by atoms with van der Waals surface area (Å²) < 4.78 is 39.4. The maximum Gasteiger partial charge on any atom is 0.416 e. The first kappa shape index (κ1) is 37.6. The fourth-order valence-corrected chi connectivity index (χ4v) is 8.20. The van der Waals surface area contributed by atoms with Crippen molar-refractivity contribution in [3.63, 3.8) is 0 Å². The van der Waals surface area contributed by atoms with E-state index in [-0.39, 0.29) is 29.7 Å². The van der Waals surface area contributed by atoms with Crippen LogP contribution in [0.4, 0.5) is 13.2 Å².